The summed E-state index contributed by atoms with van der Waals surface area (Å²) < 4.78 is 3.58. The normalized spacial score (nSPS) is 11.0. The van der Waals surface area contributed by atoms with Gasteiger partial charge < -0.3 is 0 Å². The summed E-state index contributed by atoms with van der Waals surface area (Å²) in [4.78, 5) is 12.9. The van der Waals surface area contributed by atoms with Crippen molar-refractivity contribution in [2.24, 2.45) is 0 Å². The Morgan fingerprint density at radius 1 is 1.00 bits per heavy atom. The standard InChI is InChI=1S/C19H20N2O/c1-3-4-14-20-17-12-8-9-13-18(17)21(19(20)22)15(2)16-10-6-5-7-11-16/h5-13H,2-4,14H2,1H3. The van der Waals surface area contributed by atoms with E-state index in [1.807, 2.05) is 59.2 Å². The Kier molecular flexibility index (Phi) is 3.96. The van der Waals surface area contributed by atoms with Gasteiger partial charge in [-0.25, -0.2) is 4.79 Å². The summed E-state index contributed by atoms with van der Waals surface area (Å²) in [6, 6.07) is 17.8. The molecule has 0 bridgehead atoms. The minimum absolute atomic E-state index is 0.0106. The van der Waals surface area contributed by atoms with Gasteiger partial charge in [-0.15, -0.1) is 0 Å². The van der Waals surface area contributed by atoms with E-state index in [4.69, 9.17) is 0 Å². The lowest BCUT2D eigenvalue weighted by Crippen LogP contribution is -2.24. The van der Waals surface area contributed by atoms with Gasteiger partial charge in [0.2, 0.25) is 0 Å². The second-order valence-electron chi connectivity index (χ2n) is 5.42. The number of hydrogen-bond donors (Lipinski definition) is 0. The number of aromatic nitrogens is 2. The number of benzene rings is 2. The maximum atomic E-state index is 12.9. The summed E-state index contributed by atoms with van der Waals surface area (Å²) in [6.45, 7) is 7.02. The number of aryl methyl sites for hydroxylation is 1. The summed E-state index contributed by atoms with van der Waals surface area (Å²) in [5.41, 5.74) is 3.55. The highest BCUT2D eigenvalue weighted by Gasteiger charge is 2.15. The van der Waals surface area contributed by atoms with Crippen LogP contribution in [0.3, 0.4) is 0 Å². The Morgan fingerprint density at radius 3 is 2.32 bits per heavy atom. The monoisotopic (exact) mass is 292 g/mol. The molecule has 1 aromatic heterocycles. The molecule has 0 saturated carbocycles. The van der Waals surface area contributed by atoms with Crippen molar-refractivity contribution in [1.82, 2.24) is 9.13 Å². The van der Waals surface area contributed by atoms with Crippen LogP contribution >= 0.6 is 0 Å². The van der Waals surface area contributed by atoms with E-state index in [1.54, 1.807) is 4.57 Å². The van der Waals surface area contributed by atoms with Crippen molar-refractivity contribution in [3.05, 3.63) is 77.2 Å². The van der Waals surface area contributed by atoms with E-state index >= 15 is 0 Å². The molecule has 0 atom stereocenters. The van der Waals surface area contributed by atoms with Gasteiger partial charge in [-0.05, 0) is 24.1 Å². The van der Waals surface area contributed by atoms with Crippen LogP contribution < -0.4 is 5.69 Å². The molecule has 0 radical (unpaired) electrons. The lowest BCUT2D eigenvalue weighted by molar-refractivity contribution is 0.623. The number of hydrogen-bond acceptors (Lipinski definition) is 1. The fraction of sp³-hybridized carbons (Fsp3) is 0.211. The minimum Gasteiger partial charge on any atom is -0.292 e. The highest BCUT2D eigenvalue weighted by molar-refractivity contribution is 5.82. The smallest absolute Gasteiger partial charge is 0.292 e. The second kappa shape index (κ2) is 6.06. The minimum atomic E-state index is -0.0106. The third-order valence-electron chi connectivity index (χ3n) is 3.95. The average Bonchev–Trinajstić information content (AvgIpc) is 2.85. The quantitative estimate of drug-likeness (QED) is 0.695. The van der Waals surface area contributed by atoms with E-state index in [-0.39, 0.29) is 5.69 Å². The Bertz CT molecular complexity index is 856. The molecular formula is C19H20N2O. The number of rotatable bonds is 5. The van der Waals surface area contributed by atoms with Crippen LogP contribution in [0.25, 0.3) is 16.7 Å². The molecule has 0 spiro atoms. The molecule has 0 N–H and O–H groups in total. The molecule has 1 heterocycles. The Balaban J connectivity index is 2.20. The highest BCUT2D eigenvalue weighted by Crippen LogP contribution is 2.20. The Hall–Kier alpha value is -2.55. The number of fused-ring (bicyclic) bond motifs is 1. The predicted octanol–water partition coefficient (Wildman–Crippen LogP) is 4.12. The maximum Gasteiger partial charge on any atom is 0.333 e. The number of imidazole rings is 1. The van der Waals surface area contributed by atoms with Crippen molar-refractivity contribution < 1.29 is 0 Å². The topological polar surface area (TPSA) is 26.9 Å². The van der Waals surface area contributed by atoms with Gasteiger partial charge in [-0.3, -0.25) is 9.13 Å². The average molecular weight is 292 g/mol. The molecule has 0 aliphatic carbocycles. The molecule has 2 aromatic carbocycles. The number of unbranched alkanes of at least 4 members (excludes halogenated alkanes) is 1. The molecule has 22 heavy (non-hydrogen) atoms. The summed E-state index contributed by atoms with van der Waals surface area (Å²) in [7, 11) is 0. The van der Waals surface area contributed by atoms with Crippen molar-refractivity contribution in [3.8, 4) is 0 Å². The first-order valence-corrected chi connectivity index (χ1v) is 7.69. The summed E-state index contributed by atoms with van der Waals surface area (Å²) >= 11 is 0. The van der Waals surface area contributed by atoms with E-state index in [2.05, 4.69) is 13.5 Å². The molecule has 3 nitrogen and oxygen atoms in total. The molecular weight excluding hydrogens is 272 g/mol. The van der Waals surface area contributed by atoms with Crippen LogP contribution in [0.1, 0.15) is 25.3 Å². The van der Waals surface area contributed by atoms with E-state index in [0.717, 1.165) is 41.7 Å². The van der Waals surface area contributed by atoms with Crippen LogP contribution in [0.4, 0.5) is 0 Å². The van der Waals surface area contributed by atoms with Gasteiger partial charge in [0.25, 0.3) is 0 Å². The Labute approximate surface area is 130 Å². The van der Waals surface area contributed by atoms with Crippen LogP contribution in [0, 0.1) is 0 Å². The summed E-state index contributed by atoms with van der Waals surface area (Å²) in [6.07, 6.45) is 2.05. The van der Waals surface area contributed by atoms with E-state index in [1.165, 1.54) is 0 Å². The van der Waals surface area contributed by atoms with Crippen molar-refractivity contribution in [1.29, 1.82) is 0 Å². The van der Waals surface area contributed by atoms with Crippen molar-refractivity contribution in [2.75, 3.05) is 0 Å². The largest absolute Gasteiger partial charge is 0.333 e. The number of para-hydroxylation sites is 2. The summed E-state index contributed by atoms with van der Waals surface area (Å²) in [5, 5.41) is 0. The highest BCUT2D eigenvalue weighted by atomic mass is 16.1. The first-order valence-electron chi connectivity index (χ1n) is 7.69. The molecule has 3 aromatic rings. The molecule has 0 saturated heterocycles. The van der Waals surface area contributed by atoms with Crippen LogP contribution in [0.5, 0.6) is 0 Å². The van der Waals surface area contributed by atoms with Crippen LogP contribution in [-0.4, -0.2) is 9.13 Å². The van der Waals surface area contributed by atoms with Crippen LogP contribution in [0.2, 0.25) is 0 Å². The van der Waals surface area contributed by atoms with Gasteiger partial charge in [-0.2, -0.15) is 0 Å². The molecule has 0 aliphatic rings. The fourth-order valence-corrected chi connectivity index (χ4v) is 2.76. The van der Waals surface area contributed by atoms with Gasteiger partial charge in [0, 0.05) is 6.54 Å². The van der Waals surface area contributed by atoms with Crippen molar-refractivity contribution in [3.63, 3.8) is 0 Å². The Morgan fingerprint density at radius 2 is 1.64 bits per heavy atom. The van der Waals surface area contributed by atoms with Crippen LogP contribution in [-0.2, 0) is 6.54 Å². The van der Waals surface area contributed by atoms with E-state index in [0.29, 0.717) is 0 Å². The van der Waals surface area contributed by atoms with Crippen molar-refractivity contribution >= 4 is 16.7 Å². The third kappa shape index (κ3) is 2.39. The molecule has 0 unspecified atom stereocenters. The molecule has 0 aliphatic heterocycles. The SMILES string of the molecule is C=C(c1ccccc1)n1c(=O)n(CCCC)c2ccccc21. The second-order valence-corrected chi connectivity index (χ2v) is 5.42. The first-order chi connectivity index (χ1) is 10.7. The van der Waals surface area contributed by atoms with Gasteiger partial charge in [0.05, 0.1) is 16.7 Å². The van der Waals surface area contributed by atoms with E-state index < -0.39 is 0 Å². The molecule has 3 heteroatoms. The fourth-order valence-electron chi connectivity index (χ4n) is 2.76. The van der Waals surface area contributed by atoms with Gasteiger partial charge in [0.15, 0.2) is 0 Å². The number of nitrogens with zero attached hydrogens (tertiary/aromatic N) is 2. The zero-order valence-electron chi connectivity index (χ0n) is 12.8. The maximum absolute atomic E-state index is 12.9. The van der Waals surface area contributed by atoms with Gasteiger partial charge in [0.1, 0.15) is 0 Å². The van der Waals surface area contributed by atoms with Crippen LogP contribution in [0.15, 0.2) is 66.0 Å². The molecule has 3 rings (SSSR count). The lowest BCUT2D eigenvalue weighted by atomic mass is 10.1. The lowest BCUT2D eigenvalue weighted by Gasteiger charge is -2.07. The van der Waals surface area contributed by atoms with Gasteiger partial charge >= 0.3 is 5.69 Å². The van der Waals surface area contributed by atoms with Crippen molar-refractivity contribution in [2.45, 2.75) is 26.3 Å². The molecule has 0 fully saturated rings. The molecule has 0 amide bonds. The summed E-state index contributed by atoms with van der Waals surface area (Å²) in [5.74, 6) is 0. The van der Waals surface area contributed by atoms with Gasteiger partial charge in [-0.1, -0.05) is 62.4 Å². The van der Waals surface area contributed by atoms with E-state index in [9.17, 15) is 4.79 Å². The zero-order valence-corrected chi connectivity index (χ0v) is 12.8. The third-order valence-corrected chi connectivity index (χ3v) is 3.95. The zero-order chi connectivity index (χ0) is 15.5. The molecule has 112 valence electrons. The predicted molar refractivity (Wildman–Crippen MR) is 92.0 cm³/mol. The first kappa shape index (κ1) is 14.4.